The molecule has 1 fully saturated rings. The van der Waals surface area contributed by atoms with Crippen LogP contribution in [0.1, 0.15) is 31.2 Å². The molecule has 1 N–H and O–H groups in total. The number of nitrogens with one attached hydrogen (secondary N) is 1. The van der Waals surface area contributed by atoms with Crippen LogP contribution in [0.5, 0.6) is 5.75 Å². The van der Waals surface area contributed by atoms with Crippen molar-refractivity contribution in [3.8, 4) is 5.75 Å². The van der Waals surface area contributed by atoms with Crippen molar-refractivity contribution in [2.45, 2.75) is 43.5 Å². The van der Waals surface area contributed by atoms with Gasteiger partial charge in [-0.05, 0) is 61.7 Å². The van der Waals surface area contributed by atoms with E-state index in [9.17, 15) is 13.2 Å². The Kier molecular flexibility index (Phi) is 6.82. The van der Waals surface area contributed by atoms with Crippen LogP contribution in [-0.4, -0.2) is 38.3 Å². The predicted octanol–water partition coefficient (Wildman–Crippen LogP) is 4.23. The van der Waals surface area contributed by atoms with Crippen molar-refractivity contribution in [3.05, 3.63) is 53.1 Å². The monoisotopic (exact) mass is 436 g/mol. The van der Waals surface area contributed by atoms with Crippen LogP contribution in [0.2, 0.25) is 5.02 Å². The topological polar surface area (TPSA) is 75.7 Å². The maximum atomic E-state index is 13.1. The van der Waals surface area contributed by atoms with Gasteiger partial charge >= 0.3 is 0 Å². The molecule has 156 valence electrons. The molecule has 2 aromatic carbocycles. The number of halogens is 1. The van der Waals surface area contributed by atoms with E-state index in [1.54, 1.807) is 25.3 Å². The molecule has 3 rings (SSSR count). The number of amides is 1. The van der Waals surface area contributed by atoms with E-state index in [-0.39, 0.29) is 23.3 Å². The Morgan fingerprint density at radius 3 is 2.62 bits per heavy atom. The van der Waals surface area contributed by atoms with Crippen LogP contribution in [-0.2, 0) is 14.8 Å². The Labute approximate surface area is 176 Å². The average molecular weight is 437 g/mol. The van der Waals surface area contributed by atoms with Crippen molar-refractivity contribution in [2.75, 3.05) is 19.0 Å². The molecule has 1 atom stereocenters. The SMILES string of the molecule is COc1ccc(C)cc1NC(=O)C[C@H]1CCCCN1S(=O)(=O)c1ccc(Cl)cc1. The van der Waals surface area contributed by atoms with Gasteiger partial charge in [0.2, 0.25) is 15.9 Å². The third-order valence-corrected chi connectivity index (χ3v) is 7.26. The van der Waals surface area contributed by atoms with E-state index in [0.29, 0.717) is 29.4 Å². The standard InChI is InChI=1S/C21H25ClN2O4S/c1-15-6-11-20(28-2)19(13-15)23-21(25)14-17-5-3-4-12-24(17)29(26,27)18-9-7-16(22)8-10-18/h6-11,13,17H,3-5,12,14H2,1-2H3,(H,23,25)/t17-/m1/s1. The molecule has 1 saturated heterocycles. The molecule has 1 heterocycles. The number of ether oxygens (including phenoxy) is 1. The van der Waals surface area contributed by atoms with E-state index < -0.39 is 10.0 Å². The van der Waals surface area contributed by atoms with Gasteiger partial charge in [0.05, 0.1) is 17.7 Å². The number of anilines is 1. The lowest BCUT2D eigenvalue weighted by Crippen LogP contribution is -2.45. The van der Waals surface area contributed by atoms with Gasteiger partial charge in [0.25, 0.3) is 0 Å². The van der Waals surface area contributed by atoms with Crippen LogP contribution in [0, 0.1) is 6.92 Å². The number of hydrogen-bond acceptors (Lipinski definition) is 4. The molecule has 0 bridgehead atoms. The minimum Gasteiger partial charge on any atom is -0.495 e. The number of aryl methyl sites for hydroxylation is 1. The van der Waals surface area contributed by atoms with Crippen molar-refractivity contribution in [3.63, 3.8) is 0 Å². The Balaban J connectivity index is 1.77. The van der Waals surface area contributed by atoms with Crippen LogP contribution < -0.4 is 10.1 Å². The summed E-state index contributed by atoms with van der Waals surface area (Å²) in [5.41, 5.74) is 1.58. The summed E-state index contributed by atoms with van der Waals surface area (Å²) in [5, 5.41) is 3.34. The van der Waals surface area contributed by atoms with Crippen LogP contribution in [0.3, 0.4) is 0 Å². The Morgan fingerprint density at radius 1 is 1.21 bits per heavy atom. The first kappa shape index (κ1) is 21.6. The Hall–Kier alpha value is -2.09. The van der Waals surface area contributed by atoms with Gasteiger partial charge in [-0.2, -0.15) is 4.31 Å². The number of methoxy groups -OCH3 is 1. The molecular weight excluding hydrogens is 412 g/mol. The van der Waals surface area contributed by atoms with Crippen LogP contribution >= 0.6 is 11.6 Å². The molecule has 29 heavy (non-hydrogen) atoms. The van der Waals surface area contributed by atoms with Gasteiger partial charge in [-0.25, -0.2) is 8.42 Å². The molecule has 1 aliphatic rings. The fraction of sp³-hybridized carbons (Fsp3) is 0.381. The van der Waals surface area contributed by atoms with Gasteiger partial charge in [-0.1, -0.05) is 24.1 Å². The average Bonchev–Trinajstić information content (AvgIpc) is 2.69. The van der Waals surface area contributed by atoms with E-state index >= 15 is 0 Å². The number of benzene rings is 2. The minimum absolute atomic E-state index is 0.0872. The smallest absolute Gasteiger partial charge is 0.243 e. The first-order chi connectivity index (χ1) is 13.8. The van der Waals surface area contributed by atoms with Crippen molar-refractivity contribution < 1.29 is 17.9 Å². The summed E-state index contributed by atoms with van der Waals surface area (Å²) in [5.74, 6) is 0.329. The molecule has 0 unspecified atom stereocenters. The first-order valence-corrected chi connectivity index (χ1v) is 11.3. The van der Waals surface area contributed by atoms with E-state index in [1.807, 2.05) is 19.1 Å². The van der Waals surface area contributed by atoms with Gasteiger partial charge in [-0.15, -0.1) is 0 Å². The lowest BCUT2D eigenvalue weighted by molar-refractivity contribution is -0.117. The van der Waals surface area contributed by atoms with Gasteiger partial charge < -0.3 is 10.1 Å². The van der Waals surface area contributed by atoms with Gasteiger partial charge in [0, 0.05) is 24.0 Å². The van der Waals surface area contributed by atoms with Crippen molar-refractivity contribution in [1.29, 1.82) is 0 Å². The summed E-state index contributed by atoms with van der Waals surface area (Å²) in [6.07, 6.45) is 2.39. The zero-order valence-electron chi connectivity index (χ0n) is 16.5. The van der Waals surface area contributed by atoms with E-state index in [2.05, 4.69) is 5.32 Å². The second-order valence-electron chi connectivity index (χ2n) is 7.18. The number of piperidine rings is 1. The molecular formula is C21H25ClN2O4S. The summed E-state index contributed by atoms with van der Waals surface area (Å²) in [6.45, 7) is 2.33. The van der Waals surface area contributed by atoms with Crippen LogP contribution in [0.15, 0.2) is 47.4 Å². The number of rotatable bonds is 6. The second kappa shape index (κ2) is 9.15. The summed E-state index contributed by atoms with van der Waals surface area (Å²) < 4.78 is 33.0. The third-order valence-electron chi connectivity index (χ3n) is 5.04. The zero-order chi connectivity index (χ0) is 21.0. The number of nitrogens with zero attached hydrogens (tertiary/aromatic N) is 1. The van der Waals surface area contributed by atoms with Crippen molar-refractivity contribution >= 4 is 33.2 Å². The fourth-order valence-corrected chi connectivity index (χ4v) is 5.39. The normalized spacial score (nSPS) is 17.7. The predicted molar refractivity (Wildman–Crippen MR) is 114 cm³/mol. The highest BCUT2D eigenvalue weighted by atomic mass is 35.5. The van der Waals surface area contributed by atoms with Crippen LogP contribution in [0.25, 0.3) is 0 Å². The largest absolute Gasteiger partial charge is 0.495 e. The lowest BCUT2D eigenvalue weighted by Gasteiger charge is -2.34. The maximum absolute atomic E-state index is 13.1. The molecule has 8 heteroatoms. The van der Waals surface area contributed by atoms with E-state index in [4.69, 9.17) is 16.3 Å². The fourth-order valence-electron chi connectivity index (χ4n) is 3.57. The number of carbonyl (C=O) groups is 1. The molecule has 0 saturated carbocycles. The minimum atomic E-state index is -3.70. The molecule has 0 radical (unpaired) electrons. The highest BCUT2D eigenvalue weighted by molar-refractivity contribution is 7.89. The third kappa shape index (κ3) is 5.10. The molecule has 1 aliphatic heterocycles. The van der Waals surface area contributed by atoms with Crippen molar-refractivity contribution in [2.24, 2.45) is 0 Å². The molecule has 0 aliphatic carbocycles. The molecule has 1 amide bonds. The van der Waals surface area contributed by atoms with Gasteiger partial charge in [0.15, 0.2) is 0 Å². The number of carbonyl (C=O) groups excluding carboxylic acids is 1. The summed E-state index contributed by atoms with van der Waals surface area (Å²) in [4.78, 5) is 12.9. The van der Waals surface area contributed by atoms with E-state index in [1.165, 1.54) is 16.4 Å². The summed E-state index contributed by atoms with van der Waals surface area (Å²) in [6, 6.07) is 11.3. The molecule has 0 aromatic heterocycles. The molecule has 2 aromatic rings. The molecule has 6 nitrogen and oxygen atoms in total. The van der Waals surface area contributed by atoms with E-state index in [0.717, 1.165) is 18.4 Å². The van der Waals surface area contributed by atoms with Gasteiger partial charge in [0.1, 0.15) is 5.75 Å². The van der Waals surface area contributed by atoms with Crippen molar-refractivity contribution in [1.82, 2.24) is 4.31 Å². The van der Waals surface area contributed by atoms with Crippen LogP contribution in [0.4, 0.5) is 5.69 Å². The Morgan fingerprint density at radius 2 is 1.93 bits per heavy atom. The van der Waals surface area contributed by atoms with Gasteiger partial charge in [-0.3, -0.25) is 4.79 Å². The summed E-state index contributed by atoms with van der Waals surface area (Å²) in [7, 11) is -2.15. The number of sulfonamides is 1. The molecule has 0 spiro atoms. The lowest BCUT2D eigenvalue weighted by atomic mass is 10.0. The Bertz CT molecular complexity index is 977. The zero-order valence-corrected chi connectivity index (χ0v) is 18.1. The second-order valence-corrected chi connectivity index (χ2v) is 9.50. The number of hydrogen-bond donors (Lipinski definition) is 1. The highest BCUT2D eigenvalue weighted by Gasteiger charge is 2.34. The highest BCUT2D eigenvalue weighted by Crippen LogP contribution is 2.29. The maximum Gasteiger partial charge on any atom is 0.243 e. The first-order valence-electron chi connectivity index (χ1n) is 9.53. The summed E-state index contributed by atoms with van der Waals surface area (Å²) >= 11 is 5.89. The quantitative estimate of drug-likeness (QED) is 0.735.